The molecular formula is C22H29ClN2O4S. The fourth-order valence-electron chi connectivity index (χ4n) is 3.67. The van der Waals surface area contributed by atoms with Crippen molar-refractivity contribution < 1.29 is 17.9 Å². The van der Waals surface area contributed by atoms with Crippen LogP contribution in [0.3, 0.4) is 0 Å². The molecule has 0 radical (unpaired) electrons. The maximum absolute atomic E-state index is 13.0. The van der Waals surface area contributed by atoms with Gasteiger partial charge in [0.15, 0.2) is 9.84 Å². The first-order chi connectivity index (χ1) is 13.9. The van der Waals surface area contributed by atoms with Gasteiger partial charge in [0, 0.05) is 13.1 Å². The highest BCUT2D eigenvalue weighted by molar-refractivity contribution is 7.91. The fourth-order valence-corrected chi connectivity index (χ4v) is 5.02. The summed E-state index contributed by atoms with van der Waals surface area (Å²) < 4.78 is 30.2. The second-order valence-corrected chi connectivity index (χ2v) is 9.38. The van der Waals surface area contributed by atoms with Crippen molar-refractivity contribution in [2.75, 3.05) is 19.4 Å². The van der Waals surface area contributed by atoms with Crippen molar-refractivity contribution >= 4 is 28.2 Å². The Kier molecular flexibility index (Phi) is 8.70. The maximum atomic E-state index is 13.0. The Balaban J connectivity index is 0.00000320. The zero-order chi connectivity index (χ0) is 20.9. The number of ether oxygens (including phenoxy) is 1. The van der Waals surface area contributed by atoms with E-state index in [1.807, 2.05) is 25.1 Å². The smallest absolute Gasteiger partial charge is 0.256 e. The molecule has 1 saturated heterocycles. The van der Waals surface area contributed by atoms with Gasteiger partial charge in [-0.3, -0.25) is 9.69 Å². The topological polar surface area (TPSA) is 75.7 Å². The van der Waals surface area contributed by atoms with E-state index in [1.165, 1.54) is 24.8 Å². The Morgan fingerprint density at radius 2 is 1.93 bits per heavy atom. The van der Waals surface area contributed by atoms with Crippen LogP contribution in [-0.2, 0) is 16.4 Å². The molecule has 6 nitrogen and oxygen atoms in total. The molecule has 164 valence electrons. The molecule has 1 amide bonds. The highest BCUT2D eigenvalue weighted by Crippen LogP contribution is 2.25. The van der Waals surface area contributed by atoms with Crippen molar-refractivity contribution in [3.05, 3.63) is 59.7 Å². The summed E-state index contributed by atoms with van der Waals surface area (Å²) in [6.45, 7) is 3.48. The van der Waals surface area contributed by atoms with Gasteiger partial charge in [0.05, 0.1) is 29.5 Å². The van der Waals surface area contributed by atoms with Crippen molar-refractivity contribution in [1.29, 1.82) is 0 Å². The van der Waals surface area contributed by atoms with Gasteiger partial charge in [0.1, 0.15) is 5.75 Å². The predicted molar refractivity (Wildman–Crippen MR) is 120 cm³/mol. The van der Waals surface area contributed by atoms with Crippen LogP contribution in [0.2, 0.25) is 0 Å². The van der Waals surface area contributed by atoms with E-state index in [0.717, 1.165) is 25.9 Å². The van der Waals surface area contributed by atoms with E-state index in [2.05, 4.69) is 22.3 Å². The molecular weight excluding hydrogens is 424 g/mol. The Labute approximate surface area is 184 Å². The Bertz CT molecular complexity index is 951. The molecule has 1 N–H and O–H groups in total. The number of hydrogen-bond acceptors (Lipinski definition) is 5. The van der Waals surface area contributed by atoms with Crippen LogP contribution in [0.25, 0.3) is 0 Å². The number of hydrogen-bond donors (Lipinski definition) is 1. The second-order valence-electron chi connectivity index (χ2n) is 7.27. The van der Waals surface area contributed by atoms with E-state index < -0.39 is 9.84 Å². The predicted octanol–water partition coefficient (Wildman–Crippen LogP) is 3.65. The first-order valence-corrected chi connectivity index (χ1v) is 11.6. The molecule has 1 atom stereocenters. The average molecular weight is 453 g/mol. The second kappa shape index (κ2) is 10.8. The number of methoxy groups -OCH3 is 1. The van der Waals surface area contributed by atoms with Crippen LogP contribution in [0.5, 0.6) is 5.75 Å². The molecule has 3 rings (SSSR count). The molecule has 30 heavy (non-hydrogen) atoms. The van der Waals surface area contributed by atoms with E-state index >= 15 is 0 Å². The van der Waals surface area contributed by atoms with Gasteiger partial charge in [0.25, 0.3) is 5.91 Å². The van der Waals surface area contributed by atoms with E-state index in [0.29, 0.717) is 12.2 Å². The number of sulfone groups is 1. The minimum Gasteiger partial charge on any atom is -0.496 e. The molecule has 0 aliphatic carbocycles. The summed E-state index contributed by atoms with van der Waals surface area (Å²) in [5.74, 6) is 0.0966. The largest absolute Gasteiger partial charge is 0.496 e. The van der Waals surface area contributed by atoms with Crippen LogP contribution in [0.4, 0.5) is 0 Å². The number of nitrogens with zero attached hydrogens (tertiary/aromatic N) is 1. The van der Waals surface area contributed by atoms with Gasteiger partial charge in [-0.2, -0.15) is 0 Å². The Morgan fingerprint density at radius 3 is 2.60 bits per heavy atom. The number of rotatable bonds is 8. The molecule has 1 aliphatic rings. The van der Waals surface area contributed by atoms with Crippen LogP contribution in [0, 0.1) is 0 Å². The first kappa shape index (κ1) is 24.2. The molecule has 1 aliphatic heterocycles. The van der Waals surface area contributed by atoms with Crippen LogP contribution >= 0.6 is 12.4 Å². The quantitative estimate of drug-likeness (QED) is 0.661. The minimum absolute atomic E-state index is 0. The van der Waals surface area contributed by atoms with E-state index in [4.69, 9.17) is 4.74 Å². The van der Waals surface area contributed by atoms with Gasteiger partial charge in [-0.25, -0.2) is 8.42 Å². The number of carbonyl (C=O) groups excluding carboxylic acids is 1. The Morgan fingerprint density at radius 1 is 1.20 bits per heavy atom. The SMILES string of the molecule is CCCS(=O)(=O)c1ccc(OC)c(C(=O)NC2CCCN2Cc2ccccc2)c1.Cl. The third-order valence-electron chi connectivity index (χ3n) is 5.14. The maximum Gasteiger partial charge on any atom is 0.256 e. The summed E-state index contributed by atoms with van der Waals surface area (Å²) in [5, 5.41) is 3.06. The van der Waals surface area contributed by atoms with Gasteiger partial charge >= 0.3 is 0 Å². The molecule has 0 spiro atoms. The summed E-state index contributed by atoms with van der Waals surface area (Å²) in [7, 11) is -1.94. The van der Waals surface area contributed by atoms with Gasteiger partial charge < -0.3 is 10.1 Å². The van der Waals surface area contributed by atoms with Crippen molar-refractivity contribution in [1.82, 2.24) is 10.2 Å². The number of benzene rings is 2. The van der Waals surface area contributed by atoms with Gasteiger partial charge in [-0.1, -0.05) is 37.3 Å². The normalized spacial score (nSPS) is 16.7. The monoisotopic (exact) mass is 452 g/mol. The molecule has 1 heterocycles. The standard InChI is InChI=1S/C22H28N2O4S.ClH/c1-3-14-29(26,27)18-11-12-20(28-2)19(15-18)22(25)23-21-10-7-13-24(21)16-17-8-5-4-6-9-17;/h4-6,8-9,11-12,15,21H,3,7,10,13-14,16H2,1-2H3,(H,23,25);1H. The zero-order valence-corrected chi connectivity index (χ0v) is 19.0. The van der Waals surface area contributed by atoms with Crippen LogP contribution in [0.15, 0.2) is 53.4 Å². The fraction of sp³-hybridized carbons (Fsp3) is 0.409. The van der Waals surface area contributed by atoms with Crippen molar-refractivity contribution in [3.8, 4) is 5.75 Å². The highest BCUT2D eigenvalue weighted by atomic mass is 35.5. The molecule has 0 aromatic heterocycles. The number of halogens is 1. The van der Waals surface area contributed by atoms with Crippen LogP contribution in [0.1, 0.15) is 42.1 Å². The third kappa shape index (κ3) is 5.74. The highest BCUT2D eigenvalue weighted by Gasteiger charge is 2.28. The lowest BCUT2D eigenvalue weighted by Gasteiger charge is -2.25. The van der Waals surface area contributed by atoms with Crippen LogP contribution < -0.4 is 10.1 Å². The van der Waals surface area contributed by atoms with Crippen molar-refractivity contribution in [2.45, 2.75) is 43.8 Å². The summed E-state index contributed by atoms with van der Waals surface area (Å²) in [5.41, 5.74) is 1.44. The first-order valence-electron chi connectivity index (χ1n) is 9.94. The van der Waals surface area contributed by atoms with Crippen molar-refractivity contribution in [3.63, 3.8) is 0 Å². The summed E-state index contributed by atoms with van der Waals surface area (Å²) in [4.78, 5) is 15.4. The summed E-state index contributed by atoms with van der Waals surface area (Å²) in [6.07, 6.45) is 2.28. The van der Waals surface area contributed by atoms with E-state index in [9.17, 15) is 13.2 Å². The lowest BCUT2D eigenvalue weighted by atomic mass is 10.1. The minimum atomic E-state index is -3.42. The van der Waals surface area contributed by atoms with E-state index in [-0.39, 0.29) is 40.7 Å². The molecule has 1 unspecified atom stereocenters. The third-order valence-corrected chi connectivity index (χ3v) is 7.06. The number of nitrogens with one attached hydrogen (secondary N) is 1. The lowest BCUT2D eigenvalue weighted by molar-refractivity contribution is 0.0878. The van der Waals surface area contributed by atoms with Crippen molar-refractivity contribution in [2.24, 2.45) is 0 Å². The molecule has 8 heteroatoms. The summed E-state index contributed by atoms with van der Waals surface area (Å²) >= 11 is 0. The van der Waals surface area contributed by atoms with Crippen LogP contribution in [-0.4, -0.2) is 44.8 Å². The van der Waals surface area contributed by atoms with Gasteiger partial charge in [0.2, 0.25) is 0 Å². The summed E-state index contributed by atoms with van der Waals surface area (Å²) in [6, 6.07) is 14.6. The molecule has 2 aromatic carbocycles. The number of amides is 1. The van der Waals surface area contributed by atoms with Gasteiger partial charge in [-0.05, 0) is 43.0 Å². The number of likely N-dealkylation sites (tertiary alicyclic amines) is 1. The Hall–Kier alpha value is -2.09. The molecule has 1 fully saturated rings. The molecule has 0 bridgehead atoms. The van der Waals surface area contributed by atoms with E-state index in [1.54, 1.807) is 6.07 Å². The molecule has 0 saturated carbocycles. The molecule has 2 aromatic rings. The number of carbonyl (C=O) groups is 1. The lowest BCUT2D eigenvalue weighted by Crippen LogP contribution is -2.44. The average Bonchev–Trinajstić information content (AvgIpc) is 3.14. The zero-order valence-electron chi connectivity index (χ0n) is 17.3. The van der Waals surface area contributed by atoms with Gasteiger partial charge in [-0.15, -0.1) is 12.4 Å².